The Morgan fingerprint density at radius 3 is 2.00 bits per heavy atom. The molecule has 0 radical (unpaired) electrons. The summed E-state index contributed by atoms with van der Waals surface area (Å²) in [5.74, 6) is 0. The van der Waals surface area contributed by atoms with E-state index in [1.54, 1.807) is 48.5 Å². The first-order valence-corrected chi connectivity index (χ1v) is 12.9. The highest BCUT2D eigenvalue weighted by Gasteiger charge is 2.24. The molecule has 0 aliphatic heterocycles. The Morgan fingerprint density at radius 1 is 0.935 bits per heavy atom. The van der Waals surface area contributed by atoms with E-state index in [1.165, 1.54) is 28.2 Å². The molecule has 0 N–H and O–H groups in total. The number of aryl methyl sites for hydroxylation is 1. The van der Waals surface area contributed by atoms with Crippen molar-refractivity contribution >= 4 is 49.1 Å². The number of hydrogen-bond acceptors (Lipinski definition) is 5. The Morgan fingerprint density at radius 2 is 1.48 bits per heavy atom. The Bertz CT molecular complexity index is 1130. The Labute approximate surface area is 194 Å². The van der Waals surface area contributed by atoms with Gasteiger partial charge >= 0.3 is 0 Å². The first kappa shape index (κ1) is 23.3. The molecule has 9 heteroatoms. The molecule has 0 fully saturated rings. The van der Waals surface area contributed by atoms with Crippen molar-refractivity contribution in [2.24, 2.45) is 0 Å². The summed E-state index contributed by atoms with van der Waals surface area (Å²) < 4.78 is 28.0. The van der Waals surface area contributed by atoms with E-state index in [9.17, 15) is 18.5 Å². The van der Waals surface area contributed by atoms with Gasteiger partial charge in [-0.3, -0.25) is 14.4 Å². The largest absolute Gasteiger partial charge is 0.269 e. The average Bonchev–Trinajstić information content (AvgIpc) is 2.75. The highest BCUT2D eigenvalue weighted by molar-refractivity contribution is 9.09. The van der Waals surface area contributed by atoms with Crippen LogP contribution >= 0.6 is 27.7 Å². The van der Waals surface area contributed by atoms with Crippen molar-refractivity contribution in [2.75, 3.05) is 16.2 Å². The van der Waals surface area contributed by atoms with Gasteiger partial charge in [0.05, 0.1) is 15.5 Å². The topological polar surface area (TPSA) is 80.5 Å². The van der Waals surface area contributed by atoms with E-state index in [2.05, 4.69) is 15.9 Å². The number of anilines is 1. The van der Waals surface area contributed by atoms with Crippen molar-refractivity contribution in [2.45, 2.75) is 28.0 Å². The van der Waals surface area contributed by atoms with E-state index in [-0.39, 0.29) is 10.6 Å². The van der Waals surface area contributed by atoms with E-state index in [0.29, 0.717) is 24.0 Å². The molecule has 162 valence electrons. The Kier molecular flexibility index (Phi) is 7.74. The SMILES string of the molecule is Cc1ccc(S(=O)(=O)N(CCCBr)c2ccc(Sc3ccc([N+](=O)[O-])cc3)cc2)cc1. The zero-order chi connectivity index (χ0) is 22.4. The highest BCUT2D eigenvalue weighted by atomic mass is 79.9. The van der Waals surface area contributed by atoms with Crippen LogP contribution in [0.3, 0.4) is 0 Å². The molecule has 0 atom stereocenters. The zero-order valence-corrected chi connectivity index (χ0v) is 20.0. The third-order valence-electron chi connectivity index (χ3n) is 4.51. The van der Waals surface area contributed by atoms with E-state index < -0.39 is 14.9 Å². The van der Waals surface area contributed by atoms with Gasteiger partial charge in [-0.25, -0.2) is 8.42 Å². The van der Waals surface area contributed by atoms with Crippen molar-refractivity contribution in [3.8, 4) is 0 Å². The fraction of sp³-hybridized carbons (Fsp3) is 0.182. The molecule has 3 rings (SSSR count). The summed E-state index contributed by atoms with van der Waals surface area (Å²) in [6, 6.07) is 20.4. The van der Waals surface area contributed by atoms with Gasteiger partial charge in [0.25, 0.3) is 15.7 Å². The minimum atomic E-state index is -3.69. The maximum Gasteiger partial charge on any atom is 0.269 e. The second-order valence-electron chi connectivity index (χ2n) is 6.78. The first-order chi connectivity index (χ1) is 14.8. The standard InChI is InChI=1S/C22H21BrN2O4S2/c1-17-3-13-22(14-4-17)31(28,29)24(16-2-15-23)18-5-9-20(10-6-18)30-21-11-7-19(8-12-21)25(26)27/h3-14H,2,15-16H2,1H3. The number of non-ortho nitro benzene ring substituents is 1. The van der Waals surface area contributed by atoms with Crippen molar-refractivity contribution in [1.82, 2.24) is 0 Å². The molecule has 0 aromatic heterocycles. The second-order valence-corrected chi connectivity index (χ2v) is 10.6. The van der Waals surface area contributed by atoms with Gasteiger partial charge in [-0.1, -0.05) is 45.4 Å². The summed E-state index contributed by atoms with van der Waals surface area (Å²) in [7, 11) is -3.69. The minimum absolute atomic E-state index is 0.0449. The number of hydrogen-bond donors (Lipinski definition) is 0. The quantitative estimate of drug-likeness (QED) is 0.195. The van der Waals surface area contributed by atoms with E-state index in [0.717, 1.165) is 15.4 Å². The third-order valence-corrected chi connectivity index (χ3v) is 7.93. The van der Waals surface area contributed by atoms with Gasteiger partial charge in [0.15, 0.2) is 0 Å². The van der Waals surface area contributed by atoms with Crippen LogP contribution in [0.1, 0.15) is 12.0 Å². The fourth-order valence-electron chi connectivity index (χ4n) is 2.88. The number of benzene rings is 3. The van der Waals surface area contributed by atoms with Crippen molar-refractivity contribution < 1.29 is 13.3 Å². The molecule has 31 heavy (non-hydrogen) atoms. The normalized spacial score (nSPS) is 11.3. The van der Waals surface area contributed by atoms with Gasteiger partial charge in [-0.05, 0) is 61.9 Å². The molecule has 0 bridgehead atoms. The number of nitro benzene ring substituents is 1. The lowest BCUT2D eigenvalue weighted by atomic mass is 10.2. The molecule has 6 nitrogen and oxygen atoms in total. The summed E-state index contributed by atoms with van der Waals surface area (Å²) in [6.45, 7) is 2.27. The number of alkyl halides is 1. The predicted molar refractivity (Wildman–Crippen MR) is 128 cm³/mol. The first-order valence-electron chi connectivity index (χ1n) is 9.49. The Balaban J connectivity index is 1.83. The molecule has 3 aromatic rings. The molecule has 0 saturated heterocycles. The fourth-order valence-corrected chi connectivity index (χ4v) is 5.45. The molecular weight excluding hydrogens is 500 g/mol. The molecule has 0 spiro atoms. The molecule has 0 aliphatic carbocycles. The van der Waals surface area contributed by atoms with Crippen LogP contribution in [0.15, 0.2) is 87.5 Å². The highest BCUT2D eigenvalue weighted by Crippen LogP contribution is 2.32. The molecule has 0 heterocycles. The molecule has 0 amide bonds. The Hall–Kier alpha value is -2.36. The number of nitrogens with zero attached hydrogens (tertiary/aromatic N) is 2. The lowest BCUT2D eigenvalue weighted by molar-refractivity contribution is -0.384. The van der Waals surface area contributed by atoms with E-state index >= 15 is 0 Å². The minimum Gasteiger partial charge on any atom is -0.266 e. The maximum absolute atomic E-state index is 13.3. The second kappa shape index (κ2) is 10.3. The number of halogens is 1. The zero-order valence-electron chi connectivity index (χ0n) is 16.8. The lowest BCUT2D eigenvalue weighted by Crippen LogP contribution is -2.32. The van der Waals surface area contributed by atoms with E-state index in [4.69, 9.17) is 0 Å². The van der Waals surface area contributed by atoms with Crippen molar-refractivity contribution in [3.05, 3.63) is 88.5 Å². The molecule has 0 saturated carbocycles. The maximum atomic E-state index is 13.3. The van der Waals surface area contributed by atoms with Gasteiger partial charge in [0.1, 0.15) is 0 Å². The van der Waals surface area contributed by atoms with Gasteiger partial charge in [-0.2, -0.15) is 0 Å². The van der Waals surface area contributed by atoms with Gasteiger partial charge in [0.2, 0.25) is 0 Å². The van der Waals surface area contributed by atoms with Crippen LogP contribution in [-0.4, -0.2) is 25.2 Å². The molecule has 0 unspecified atom stereocenters. The van der Waals surface area contributed by atoms with Crippen LogP contribution in [0.2, 0.25) is 0 Å². The van der Waals surface area contributed by atoms with E-state index in [1.807, 2.05) is 19.1 Å². The van der Waals surface area contributed by atoms with Gasteiger partial charge < -0.3 is 0 Å². The number of sulfonamides is 1. The summed E-state index contributed by atoms with van der Waals surface area (Å²) in [6.07, 6.45) is 0.671. The molecule has 3 aromatic carbocycles. The van der Waals surface area contributed by atoms with Crippen LogP contribution in [0.5, 0.6) is 0 Å². The third kappa shape index (κ3) is 5.87. The van der Waals surface area contributed by atoms with Crippen LogP contribution in [0, 0.1) is 17.0 Å². The summed E-state index contributed by atoms with van der Waals surface area (Å²) in [5, 5.41) is 11.5. The predicted octanol–water partition coefficient (Wildman–Crippen LogP) is 6.03. The smallest absolute Gasteiger partial charge is 0.266 e. The lowest BCUT2D eigenvalue weighted by Gasteiger charge is -2.24. The van der Waals surface area contributed by atoms with Crippen LogP contribution in [-0.2, 0) is 10.0 Å². The van der Waals surface area contributed by atoms with Gasteiger partial charge in [-0.15, -0.1) is 0 Å². The monoisotopic (exact) mass is 520 g/mol. The number of nitro groups is 1. The summed E-state index contributed by atoms with van der Waals surface area (Å²) >= 11 is 4.83. The molecular formula is C22H21BrN2O4S2. The van der Waals surface area contributed by atoms with Crippen molar-refractivity contribution in [1.29, 1.82) is 0 Å². The number of rotatable bonds is 9. The van der Waals surface area contributed by atoms with Crippen LogP contribution < -0.4 is 4.31 Å². The summed E-state index contributed by atoms with van der Waals surface area (Å²) in [5.41, 5.74) is 1.64. The average molecular weight is 521 g/mol. The summed E-state index contributed by atoms with van der Waals surface area (Å²) in [4.78, 5) is 12.4. The van der Waals surface area contributed by atoms with Gasteiger partial charge in [0, 0.05) is 33.8 Å². The molecule has 0 aliphatic rings. The van der Waals surface area contributed by atoms with Crippen molar-refractivity contribution in [3.63, 3.8) is 0 Å². The van der Waals surface area contributed by atoms with Crippen LogP contribution in [0.4, 0.5) is 11.4 Å². The van der Waals surface area contributed by atoms with Crippen LogP contribution in [0.25, 0.3) is 0 Å².